The van der Waals surface area contributed by atoms with Crippen LogP contribution in [0.2, 0.25) is 0 Å². The Labute approximate surface area is 140 Å². The molecule has 0 radical (unpaired) electrons. The van der Waals surface area contributed by atoms with Crippen molar-refractivity contribution in [2.75, 3.05) is 18.0 Å². The van der Waals surface area contributed by atoms with Crippen molar-refractivity contribution in [2.45, 2.75) is 18.9 Å². The molecule has 2 aromatic rings. The number of hydrogen-bond acceptors (Lipinski definition) is 5. The fourth-order valence-corrected chi connectivity index (χ4v) is 3.50. The zero-order valence-electron chi connectivity index (χ0n) is 13.4. The SMILES string of the molecule is Cn1c(=O)n(C2CCC(=O)NC2=O)c2ccc(F)c(N3CC(=O)C3)c21. The van der Waals surface area contributed by atoms with E-state index in [1.54, 1.807) is 4.90 Å². The zero-order valence-corrected chi connectivity index (χ0v) is 13.4. The third-order valence-electron chi connectivity index (χ3n) is 4.74. The molecule has 2 amide bonds. The van der Waals surface area contributed by atoms with Crippen LogP contribution in [0.15, 0.2) is 16.9 Å². The molecule has 9 heteroatoms. The first-order valence-electron chi connectivity index (χ1n) is 7.88. The zero-order chi connectivity index (χ0) is 17.9. The number of aromatic nitrogens is 2. The van der Waals surface area contributed by atoms with Gasteiger partial charge in [0.25, 0.3) is 0 Å². The van der Waals surface area contributed by atoms with Gasteiger partial charge in [-0.1, -0.05) is 0 Å². The maximum atomic E-state index is 14.4. The highest BCUT2D eigenvalue weighted by Crippen LogP contribution is 2.33. The number of imidazole rings is 1. The molecule has 4 rings (SSSR count). The van der Waals surface area contributed by atoms with E-state index >= 15 is 0 Å². The Morgan fingerprint density at radius 2 is 1.88 bits per heavy atom. The van der Waals surface area contributed by atoms with E-state index in [0.717, 1.165) is 0 Å². The Hall–Kier alpha value is -2.97. The van der Waals surface area contributed by atoms with Crippen LogP contribution >= 0.6 is 0 Å². The quantitative estimate of drug-likeness (QED) is 0.763. The van der Waals surface area contributed by atoms with Crippen LogP contribution in [0.4, 0.5) is 10.1 Å². The molecule has 2 aliphatic heterocycles. The van der Waals surface area contributed by atoms with Crippen LogP contribution in [0, 0.1) is 5.82 Å². The Kier molecular flexibility index (Phi) is 3.28. The van der Waals surface area contributed by atoms with E-state index < -0.39 is 23.5 Å². The van der Waals surface area contributed by atoms with E-state index in [0.29, 0.717) is 11.0 Å². The summed E-state index contributed by atoms with van der Waals surface area (Å²) in [5.74, 6) is -1.46. The van der Waals surface area contributed by atoms with Gasteiger partial charge in [0.15, 0.2) is 5.78 Å². The van der Waals surface area contributed by atoms with Gasteiger partial charge in [-0.15, -0.1) is 0 Å². The lowest BCUT2D eigenvalue weighted by Crippen LogP contribution is -2.47. The van der Waals surface area contributed by atoms with Crippen LogP contribution in [0.25, 0.3) is 11.0 Å². The molecule has 0 bridgehead atoms. The maximum Gasteiger partial charge on any atom is 0.329 e. The predicted molar refractivity (Wildman–Crippen MR) is 85.8 cm³/mol. The molecule has 1 aromatic carbocycles. The molecular formula is C16H15FN4O4. The first-order valence-corrected chi connectivity index (χ1v) is 7.88. The molecule has 2 aliphatic rings. The number of anilines is 1. The van der Waals surface area contributed by atoms with Gasteiger partial charge in [0.2, 0.25) is 11.8 Å². The molecule has 1 atom stereocenters. The van der Waals surface area contributed by atoms with E-state index in [2.05, 4.69) is 5.32 Å². The summed E-state index contributed by atoms with van der Waals surface area (Å²) in [5.41, 5.74) is 0.450. The lowest BCUT2D eigenvalue weighted by Gasteiger charge is -2.32. The summed E-state index contributed by atoms with van der Waals surface area (Å²) in [7, 11) is 1.50. The van der Waals surface area contributed by atoms with E-state index in [4.69, 9.17) is 0 Å². The normalized spacial score (nSPS) is 20.8. The lowest BCUT2D eigenvalue weighted by molar-refractivity contribution is -0.135. The Morgan fingerprint density at radius 3 is 2.52 bits per heavy atom. The van der Waals surface area contributed by atoms with Crippen molar-refractivity contribution in [3.63, 3.8) is 0 Å². The van der Waals surface area contributed by atoms with Crippen LogP contribution < -0.4 is 15.9 Å². The molecule has 130 valence electrons. The minimum atomic E-state index is -0.828. The number of benzene rings is 1. The van der Waals surface area contributed by atoms with Crippen molar-refractivity contribution in [3.05, 3.63) is 28.4 Å². The minimum absolute atomic E-state index is 0.00833. The molecule has 3 heterocycles. The highest BCUT2D eigenvalue weighted by Gasteiger charge is 2.34. The second-order valence-corrected chi connectivity index (χ2v) is 6.34. The fraction of sp³-hybridized carbons (Fsp3) is 0.375. The van der Waals surface area contributed by atoms with Crippen molar-refractivity contribution >= 4 is 34.3 Å². The maximum absolute atomic E-state index is 14.4. The number of fused-ring (bicyclic) bond motifs is 1. The lowest BCUT2D eigenvalue weighted by atomic mass is 10.1. The Bertz CT molecular complexity index is 998. The molecule has 0 spiro atoms. The molecule has 1 unspecified atom stereocenters. The van der Waals surface area contributed by atoms with Crippen LogP contribution in [-0.4, -0.2) is 39.8 Å². The van der Waals surface area contributed by atoms with Crippen LogP contribution in [0.3, 0.4) is 0 Å². The summed E-state index contributed by atoms with van der Waals surface area (Å²) in [6, 6.07) is 1.84. The number of imide groups is 1. The van der Waals surface area contributed by atoms with Crippen molar-refractivity contribution in [1.82, 2.24) is 14.5 Å². The molecule has 0 aliphatic carbocycles. The van der Waals surface area contributed by atoms with Crippen molar-refractivity contribution in [1.29, 1.82) is 0 Å². The fourth-order valence-electron chi connectivity index (χ4n) is 3.50. The van der Waals surface area contributed by atoms with E-state index in [1.807, 2.05) is 0 Å². The first-order chi connectivity index (χ1) is 11.9. The number of ketones is 1. The molecule has 0 saturated carbocycles. The molecule has 1 N–H and O–H groups in total. The Balaban J connectivity index is 1.93. The smallest absolute Gasteiger partial charge is 0.329 e. The van der Waals surface area contributed by atoms with Gasteiger partial charge in [-0.25, -0.2) is 9.18 Å². The van der Waals surface area contributed by atoms with Crippen LogP contribution in [0.5, 0.6) is 0 Å². The van der Waals surface area contributed by atoms with Gasteiger partial charge in [-0.2, -0.15) is 0 Å². The number of rotatable bonds is 2. The third-order valence-corrected chi connectivity index (χ3v) is 4.74. The topological polar surface area (TPSA) is 93.4 Å². The number of amides is 2. The van der Waals surface area contributed by atoms with Crippen LogP contribution in [0.1, 0.15) is 18.9 Å². The highest BCUT2D eigenvalue weighted by atomic mass is 19.1. The number of carbonyl (C=O) groups is 3. The number of aryl methyl sites for hydroxylation is 1. The van der Waals surface area contributed by atoms with Gasteiger partial charge in [0, 0.05) is 13.5 Å². The summed E-state index contributed by atoms with van der Waals surface area (Å²) >= 11 is 0. The molecular weight excluding hydrogens is 331 g/mol. The number of hydrogen-bond donors (Lipinski definition) is 1. The summed E-state index contributed by atoms with van der Waals surface area (Å²) in [6.45, 7) is 0.182. The van der Waals surface area contributed by atoms with Gasteiger partial charge >= 0.3 is 5.69 Å². The molecule has 1 aromatic heterocycles. The minimum Gasteiger partial charge on any atom is -0.353 e. The first kappa shape index (κ1) is 15.6. The number of halogens is 1. The average molecular weight is 346 g/mol. The molecule has 8 nitrogen and oxygen atoms in total. The second-order valence-electron chi connectivity index (χ2n) is 6.34. The van der Waals surface area contributed by atoms with Crippen molar-refractivity contribution in [3.8, 4) is 0 Å². The van der Waals surface area contributed by atoms with E-state index in [9.17, 15) is 23.6 Å². The standard InChI is InChI=1S/C16H15FN4O4/c1-19-14-10(3-2-9(17)13(14)20-6-8(22)7-20)21(16(19)25)11-4-5-12(23)18-15(11)24/h2-3,11H,4-7H2,1H3,(H,18,23,24). The third kappa shape index (κ3) is 2.19. The average Bonchev–Trinajstić information content (AvgIpc) is 2.77. The Morgan fingerprint density at radius 1 is 1.16 bits per heavy atom. The highest BCUT2D eigenvalue weighted by molar-refractivity contribution is 6.02. The number of piperidine rings is 1. The van der Waals surface area contributed by atoms with Crippen molar-refractivity contribution in [2.24, 2.45) is 7.05 Å². The van der Waals surface area contributed by atoms with Crippen LogP contribution in [-0.2, 0) is 21.4 Å². The number of nitrogens with zero attached hydrogens (tertiary/aromatic N) is 3. The summed E-state index contributed by atoms with van der Waals surface area (Å²) in [6.07, 6.45) is 0.340. The largest absolute Gasteiger partial charge is 0.353 e. The second kappa shape index (κ2) is 5.27. The monoisotopic (exact) mass is 346 g/mol. The van der Waals surface area contributed by atoms with Crippen molar-refractivity contribution < 1.29 is 18.8 Å². The number of Topliss-reactive ketones (excluding diaryl/α,β-unsaturated/α-hetero) is 1. The summed E-state index contributed by atoms with van der Waals surface area (Å²) in [5, 5.41) is 2.23. The van der Waals surface area contributed by atoms with Gasteiger partial charge in [0.05, 0.1) is 24.1 Å². The van der Waals surface area contributed by atoms with E-state index in [1.165, 1.54) is 28.3 Å². The van der Waals surface area contributed by atoms with Gasteiger partial charge in [-0.05, 0) is 18.6 Å². The summed E-state index contributed by atoms with van der Waals surface area (Å²) in [4.78, 5) is 49.1. The number of nitrogens with one attached hydrogen (secondary N) is 1. The number of carbonyl (C=O) groups excluding carboxylic acids is 3. The van der Waals surface area contributed by atoms with Gasteiger partial charge in [0.1, 0.15) is 17.5 Å². The predicted octanol–water partition coefficient (Wildman–Crippen LogP) is -0.154. The van der Waals surface area contributed by atoms with Gasteiger partial charge in [-0.3, -0.25) is 28.8 Å². The molecule has 2 fully saturated rings. The molecule has 2 saturated heterocycles. The van der Waals surface area contributed by atoms with E-state index in [-0.39, 0.29) is 43.3 Å². The molecule has 25 heavy (non-hydrogen) atoms. The van der Waals surface area contributed by atoms with Gasteiger partial charge < -0.3 is 4.90 Å². The summed E-state index contributed by atoms with van der Waals surface area (Å²) < 4.78 is 17.0.